The van der Waals surface area contributed by atoms with Gasteiger partial charge in [-0.05, 0) is 45.9 Å². The Hall–Kier alpha value is -2.51. The molecule has 0 radical (unpaired) electrons. The Morgan fingerprint density at radius 1 is 1.04 bits per heavy atom. The standard InChI is InChI=1S/C19H24N4O3/c1-5-25-19(26-6-2)18-17(15-9-7-8-12-22(15)21-18)14-10-11-16(24)23(20-14)13(3)4/h7-13,19H,5-6H2,1-4H3. The molecule has 0 spiro atoms. The van der Waals surface area contributed by atoms with Crippen LogP contribution in [0.2, 0.25) is 0 Å². The maximum atomic E-state index is 12.1. The Bertz CT molecular complexity index is 939. The second kappa shape index (κ2) is 7.80. The van der Waals surface area contributed by atoms with Crippen molar-refractivity contribution in [3.63, 3.8) is 0 Å². The summed E-state index contributed by atoms with van der Waals surface area (Å²) in [5.41, 5.74) is 2.88. The van der Waals surface area contributed by atoms with E-state index in [-0.39, 0.29) is 11.6 Å². The lowest BCUT2D eigenvalue weighted by Crippen LogP contribution is -2.24. The van der Waals surface area contributed by atoms with Crippen LogP contribution >= 0.6 is 0 Å². The number of rotatable bonds is 7. The van der Waals surface area contributed by atoms with Gasteiger partial charge in [-0.1, -0.05) is 6.07 Å². The summed E-state index contributed by atoms with van der Waals surface area (Å²) in [5, 5.41) is 9.23. The molecule has 0 aliphatic heterocycles. The predicted octanol–water partition coefficient (Wildman–Crippen LogP) is 3.21. The lowest BCUT2D eigenvalue weighted by molar-refractivity contribution is -0.142. The maximum Gasteiger partial charge on any atom is 0.267 e. The van der Waals surface area contributed by atoms with Gasteiger partial charge in [-0.25, -0.2) is 9.20 Å². The summed E-state index contributed by atoms with van der Waals surface area (Å²) in [6.45, 7) is 8.68. The van der Waals surface area contributed by atoms with Crippen molar-refractivity contribution in [1.29, 1.82) is 0 Å². The fourth-order valence-electron chi connectivity index (χ4n) is 2.88. The Labute approximate surface area is 152 Å². The zero-order valence-electron chi connectivity index (χ0n) is 15.5. The second-order valence-electron chi connectivity index (χ2n) is 6.13. The summed E-state index contributed by atoms with van der Waals surface area (Å²) in [5.74, 6) is 0. The van der Waals surface area contributed by atoms with Gasteiger partial charge in [0, 0.05) is 25.5 Å². The topological polar surface area (TPSA) is 70.7 Å². The highest BCUT2D eigenvalue weighted by Crippen LogP contribution is 2.32. The van der Waals surface area contributed by atoms with Crippen molar-refractivity contribution in [2.75, 3.05) is 13.2 Å². The molecule has 7 nitrogen and oxygen atoms in total. The Morgan fingerprint density at radius 3 is 2.42 bits per heavy atom. The Kier molecular flexibility index (Phi) is 5.49. The van der Waals surface area contributed by atoms with Crippen molar-refractivity contribution in [2.24, 2.45) is 0 Å². The Morgan fingerprint density at radius 2 is 1.77 bits per heavy atom. The molecule has 3 aromatic rings. The normalized spacial score (nSPS) is 11.8. The maximum absolute atomic E-state index is 12.1. The molecule has 3 aromatic heterocycles. The molecule has 0 aliphatic carbocycles. The van der Waals surface area contributed by atoms with Crippen LogP contribution in [0.3, 0.4) is 0 Å². The van der Waals surface area contributed by atoms with E-state index < -0.39 is 6.29 Å². The summed E-state index contributed by atoms with van der Waals surface area (Å²) in [4.78, 5) is 12.1. The largest absolute Gasteiger partial charge is 0.347 e. The highest BCUT2D eigenvalue weighted by Gasteiger charge is 2.25. The molecule has 0 N–H and O–H groups in total. The van der Waals surface area contributed by atoms with Gasteiger partial charge >= 0.3 is 0 Å². The van der Waals surface area contributed by atoms with Gasteiger partial charge in [-0.2, -0.15) is 10.2 Å². The van der Waals surface area contributed by atoms with Gasteiger partial charge in [0.05, 0.1) is 22.8 Å². The molecule has 0 aliphatic rings. The highest BCUT2D eigenvalue weighted by molar-refractivity contribution is 5.80. The van der Waals surface area contributed by atoms with Crippen LogP contribution in [0.15, 0.2) is 41.3 Å². The minimum absolute atomic E-state index is 0.0395. The van der Waals surface area contributed by atoms with E-state index in [1.165, 1.54) is 10.7 Å². The third-order valence-electron chi connectivity index (χ3n) is 4.00. The fraction of sp³-hybridized carbons (Fsp3) is 0.421. The average molecular weight is 356 g/mol. The van der Waals surface area contributed by atoms with E-state index in [0.29, 0.717) is 24.6 Å². The summed E-state index contributed by atoms with van der Waals surface area (Å²) in [6.07, 6.45) is 1.27. The lowest BCUT2D eigenvalue weighted by Gasteiger charge is -2.16. The van der Waals surface area contributed by atoms with E-state index in [2.05, 4.69) is 10.2 Å². The molecule has 0 saturated carbocycles. The predicted molar refractivity (Wildman–Crippen MR) is 99.1 cm³/mol. The zero-order chi connectivity index (χ0) is 18.7. The van der Waals surface area contributed by atoms with Gasteiger partial charge in [-0.3, -0.25) is 4.79 Å². The van der Waals surface area contributed by atoms with Crippen LogP contribution in [0.4, 0.5) is 0 Å². The Balaban J connectivity index is 2.25. The molecule has 138 valence electrons. The first-order valence-electron chi connectivity index (χ1n) is 8.87. The summed E-state index contributed by atoms with van der Waals surface area (Å²) in [7, 11) is 0. The molecule has 0 fully saturated rings. The zero-order valence-corrected chi connectivity index (χ0v) is 15.5. The first-order chi connectivity index (χ1) is 12.6. The molecule has 0 saturated heterocycles. The molecule has 0 amide bonds. The first-order valence-corrected chi connectivity index (χ1v) is 8.87. The monoisotopic (exact) mass is 356 g/mol. The van der Waals surface area contributed by atoms with Crippen molar-refractivity contribution in [1.82, 2.24) is 19.4 Å². The molecule has 3 heterocycles. The van der Waals surface area contributed by atoms with E-state index in [0.717, 1.165) is 11.1 Å². The van der Waals surface area contributed by atoms with Crippen molar-refractivity contribution in [2.45, 2.75) is 40.0 Å². The van der Waals surface area contributed by atoms with Crippen molar-refractivity contribution in [3.05, 3.63) is 52.6 Å². The third-order valence-corrected chi connectivity index (χ3v) is 4.00. The highest BCUT2D eigenvalue weighted by atomic mass is 16.7. The van der Waals surface area contributed by atoms with Gasteiger partial charge in [-0.15, -0.1) is 0 Å². The number of hydrogen-bond donors (Lipinski definition) is 0. The average Bonchev–Trinajstić information content (AvgIpc) is 3.01. The molecule has 0 atom stereocenters. The van der Waals surface area contributed by atoms with Gasteiger partial charge in [0.25, 0.3) is 5.56 Å². The number of nitrogens with zero attached hydrogens (tertiary/aromatic N) is 4. The third kappa shape index (κ3) is 3.40. The molecule has 3 rings (SSSR count). The SMILES string of the molecule is CCOC(OCC)c1nn2ccccc2c1-c1ccc(=O)n(C(C)C)n1. The van der Waals surface area contributed by atoms with Crippen molar-refractivity contribution < 1.29 is 9.47 Å². The molecular formula is C19H24N4O3. The van der Waals surface area contributed by atoms with Crippen LogP contribution in [0.25, 0.3) is 16.8 Å². The van der Waals surface area contributed by atoms with Crippen LogP contribution in [0.1, 0.15) is 45.7 Å². The van der Waals surface area contributed by atoms with Crippen LogP contribution in [0, 0.1) is 0 Å². The quantitative estimate of drug-likeness (QED) is 0.608. The summed E-state index contributed by atoms with van der Waals surface area (Å²) < 4.78 is 14.8. The number of hydrogen-bond acceptors (Lipinski definition) is 5. The second-order valence-corrected chi connectivity index (χ2v) is 6.13. The van der Waals surface area contributed by atoms with E-state index in [1.807, 2.05) is 52.1 Å². The first kappa shape index (κ1) is 18.3. The van der Waals surface area contributed by atoms with Gasteiger partial charge < -0.3 is 9.47 Å². The van der Waals surface area contributed by atoms with Crippen LogP contribution in [-0.4, -0.2) is 32.6 Å². The number of fused-ring (bicyclic) bond motifs is 1. The van der Waals surface area contributed by atoms with Crippen molar-refractivity contribution >= 4 is 5.52 Å². The van der Waals surface area contributed by atoms with Crippen LogP contribution < -0.4 is 5.56 Å². The molecular weight excluding hydrogens is 332 g/mol. The minimum Gasteiger partial charge on any atom is -0.347 e. The van der Waals surface area contributed by atoms with E-state index in [4.69, 9.17) is 9.47 Å². The van der Waals surface area contributed by atoms with Crippen molar-refractivity contribution in [3.8, 4) is 11.3 Å². The number of pyridine rings is 1. The minimum atomic E-state index is -0.596. The van der Waals surface area contributed by atoms with Gasteiger partial charge in [0.2, 0.25) is 6.29 Å². The van der Waals surface area contributed by atoms with E-state index >= 15 is 0 Å². The van der Waals surface area contributed by atoms with Crippen LogP contribution in [-0.2, 0) is 9.47 Å². The number of ether oxygens (including phenoxy) is 2. The lowest BCUT2D eigenvalue weighted by atomic mass is 10.1. The molecule has 26 heavy (non-hydrogen) atoms. The fourth-order valence-corrected chi connectivity index (χ4v) is 2.88. The summed E-state index contributed by atoms with van der Waals surface area (Å²) in [6, 6.07) is 9.04. The molecule has 0 aromatic carbocycles. The smallest absolute Gasteiger partial charge is 0.267 e. The van der Waals surface area contributed by atoms with Crippen LogP contribution in [0.5, 0.6) is 0 Å². The van der Waals surface area contributed by atoms with Gasteiger partial charge in [0.15, 0.2) is 0 Å². The summed E-state index contributed by atoms with van der Waals surface area (Å²) >= 11 is 0. The molecule has 7 heteroatoms. The molecule has 0 bridgehead atoms. The van der Waals surface area contributed by atoms with E-state index in [1.54, 1.807) is 10.6 Å². The molecule has 0 unspecified atom stereocenters. The van der Waals surface area contributed by atoms with Gasteiger partial charge in [0.1, 0.15) is 5.69 Å². The van der Waals surface area contributed by atoms with E-state index in [9.17, 15) is 4.79 Å². The number of aromatic nitrogens is 4.